The highest BCUT2D eigenvalue weighted by Gasteiger charge is 2.25. The van der Waals surface area contributed by atoms with Crippen LogP contribution in [-0.2, 0) is 6.42 Å². The highest BCUT2D eigenvalue weighted by Crippen LogP contribution is 2.37. The van der Waals surface area contributed by atoms with E-state index in [9.17, 15) is 0 Å². The molecule has 1 atom stereocenters. The molecule has 3 nitrogen and oxygen atoms in total. The Morgan fingerprint density at radius 2 is 2.31 bits per heavy atom. The summed E-state index contributed by atoms with van der Waals surface area (Å²) in [6.45, 7) is 2.05. The van der Waals surface area contributed by atoms with E-state index >= 15 is 0 Å². The Hall–Kier alpha value is -1.35. The van der Waals surface area contributed by atoms with Crippen molar-refractivity contribution in [2.45, 2.75) is 38.3 Å². The van der Waals surface area contributed by atoms with Gasteiger partial charge >= 0.3 is 0 Å². The van der Waals surface area contributed by atoms with E-state index in [-0.39, 0.29) is 6.04 Å². The zero-order valence-corrected chi connectivity index (χ0v) is 9.56. The van der Waals surface area contributed by atoms with Gasteiger partial charge in [0.05, 0.1) is 17.4 Å². The van der Waals surface area contributed by atoms with E-state index in [4.69, 9.17) is 5.73 Å². The van der Waals surface area contributed by atoms with Gasteiger partial charge in [-0.25, -0.2) is 4.98 Å². The lowest BCUT2D eigenvalue weighted by Crippen LogP contribution is -2.18. The highest BCUT2D eigenvalue weighted by molar-refractivity contribution is 5.79. The summed E-state index contributed by atoms with van der Waals surface area (Å²) in [5.41, 5.74) is 9.62. The number of hydrogen-bond donors (Lipinski definition) is 1. The van der Waals surface area contributed by atoms with Gasteiger partial charge in [-0.05, 0) is 37.8 Å². The van der Waals surface area contributed by atoms with Crippen LogP contribution < -0.4 is 5.73 Å². The molecule has 2 aromatic rings. The van der Waals surface area contributed by atoms with Crippen molar-refractivity contribution >= 4 is 11.0 Å². The highest BCUT2D eigenvalue weighted by atomic mass is 15.1. The Morgan fingerprint density at radius 1 is 1.50 bits per heavy atom. The molecule has 1 aliphatic rings. The predicted molar refractivity (Wildman–Crippen MR) is 65.4 cm³/mol. The first-order valence-electron chi connectivity index (χ1n) is 5.95. The van der Waals surface area contributed by atoms with Gasteiger partial charge in [-0.15, -0.1) is 0 Å². The van der Waals surface area contributed by atoms with Crippen LogP contribution in [0.1, 0.15) is 31.4 Å². The average Bonchev–Trinajstić information content (AvgIpc) is 2.98. The molecule has 16 heavy (non-hydrogen) atoms. The zero-order valence-electron chi connectivity index (χ0n) is 9.56. The van der Waals surface area contributed by atoms with Crippen LogP contribution >= 0.6 is 0 Å². The fraction of sp³-hybridized carbons (Fsp3) is 0.462. The molecule has 1 fully saturated rings. The van der Waals surface area contributed by atoms with Crippen molar-refractivity contribution in [3.63, 3.8) is 0 Å². The number of benzene rings is 1. The van der Waals surface area contributed by atoms with Crippen molar-refractivity contribution in [3.8, 4) is 0 Å². The minimum absolute atomic E-state index is 0.202. The first-order valence-corrected chi connectivity index (χ1v) is 5.95. The minimum Gasteiger partial charge on any atom is -0.328 e. The summed E-state index contributed by atoms with van der Waals surface area (Å²) < 4.78 is 2.33. The van der Waals surface area contributed by atoms with E-state index in [2.05, 4.69) is 34.7 Å². The van der Waals surface area contributed by atoms with Crippen LogP contribution in [0, 0.1) is 0 Å². The SMILES string of the molecule is CC(N)Cc1cccc2ncn(C3CC3)c12. The molecule has 0 bridgehead atoms. The molecule has 1 aliphatic carbocycles. The molecule has 0 saturated heterocycles. The van der Waals surface area contributed by atoms with Crippen molar-refractivity contribution in [1.82, 2.24) is 9.55 Å². The standard InChI is InChI=1S/C13H17N3/c1-9(14)7-10-3-2-4-12-13(10)16(8-15-12)11-5-6-11/h2-4,8-9,11H,5-7,14H2,1H3. The molecular weight excluding hydrogens is 198 g/mol. The summed E-state index contributed by atoms with van der Waals surface area (Å²) in [5, 5.41) is 0. The Kier molecular flexibility index (Phi) is 2.21. The van der Waals surface area contributed by atoms with E-state index in [0.717, 1.165) is 11.9 Å². The first kappa shape index (κ1) is 9.85. The van der Waals surface area contributed by atoms with Crippen LogP contribution in [0.3, 0.4) is 0 Å². The lowest BCUT2D eigenvalue weighted by Gasteiger charge is -2.09. The van der Waals surface area contributed by atoms with Gasteiger partial charge in [-0.1, -0.05) is 12.1 Å². The van der Waals surface area contributed by atoms with Gasteiger partial charge in [0, 0.05) is 12.1 Å². The lowest BCUT2D eigenvalue weighted by molar-refractivity contribution is 0.725. The fourth-order valence-corrected chi connectivity index (χ4v) is 2.30. The number of nitrogens with two attached hydrogens (primary N) is 1. The quantitative estimate of drug-likeness (QED) is 0.853. The maximum atomic E-state index is 5.90. The second kappa shape index (κ2) is 3.59. The summed E-state index contributed by atoms with van der Waals surface area (Å²) in [7, 11) is 0. The molecule has 3 heteroatoms. The predicted octanol–water partition coefficient (Wildman–Crippen LogP) is 2.26. The third-order valence-electron chi connectivity index (χ3n) is 3.16. The van der Waals surface area contributed by atoms with Gasteiger partial charge < -0.3 is 10.3 Å². The lowest BCUT2D eigenvalue weighted by atomic mass is 10.1. The molecule has 2 N–H and O–H groups in total. The molecule has 84 valence electrons. The zero-order chi connectivity index (χ0) is 11.1. The van der Waals surface area contributed by atoms with Gasteiger partial charge in [-0.2, -0.15) is 0 Å². The molecule has 0 amide bonds. The van der Waals surface area contributed by atoms with Crippen molar-refractivity contribution in [1.29, 1.82) is 0 Å². The smallest absolute Gasteiger partial charge is 0.0961 e. The summed E-state index contributed by atoms with van der Waals surface area (Å²) in [6.07, 6.45) is 5.48. The minimum atomic E-state index is 0.202. The third-order valence-corrected chi connectivity index (χ3v) is 3.16. The first-order chi connectivity index (χ1) is 7.75. The number of nitrogens with zero attached hydrogens (tertiary/aromatic N) is 2. The summed E-state index contributed by atoms with van der Waals surface area (Å²) >= 11 is 0. The van der Waals surface area contributed by atoms with Crippen LogP contribution in [0.15, 0.2) is 24.5 Å². The number of para-hydroxylation sites is 1. The molecule has 0 radical (unpaired) electrons. The maximum Gasteiger partial charge on any atom is 0.0961 e. The molecular formula is C13H17N3. The van der Waals surface area contributed by atoms with Crippen LogP contribution in [-0.4, -0.2) is 15.6 Å². The average molecular weight is 215 g/mol. The fourth-order valence-electron chi connectivity index (χ4n) is 2.30. The van der Waals surface area contributed by atoms with E-state index in [0.29, 0.717) is 6.04 Å². The molecule has 1 aromatic carbocycles. The van der Waals surface area contributed by atoms with Crippen molar-refractivity contribution in [3.05, 3.63) is 30.1 Å². The van der Waals surface area contributed by atoms with Gasteiger partial charge in [0.1, 0.15) is 0 Å². The third kappa shape index (κ3) is 1.61. The summed E-state index contributed by atoms with van der Waals surface area (Å²) in [5.74, 6) is 0. The molecule has 3 rings (SSSR count). The Labute approximate surface area is 95.3 Å². The molecule has 1 aromatic heterocycles. The largest absolute Gasteiger partial charge is 0.328 e. The summed E-state index contributed by atoms with van der Waals surface area (Å²) in [4.78, 5) is 4.47. The summed E-state index contributed by atoms with van der Waals surface area (Å²) in [6, 6.07) is 7.21. The molecule has 0 spiro atoms. The van der Waals surface area contributed by atoms with Crippen LogP contribution in [0.5, 0.6) is 0 Å². The normalized spacial score (nSPS) is 17.9. The van der Waals surface area contributed by atoms with Gasteiger partial charge in [-0.3, -0.25) is 0 Å². The van der Waals surface area contributed by atoms with Crippen molar-refractivity contribution in [2.75, 3.05) is 0 Å². The monoisotopic (exact) mass is 215 g/mol. The van der Waals surface area contributed by atoms with Crippen LogP contribution in [0.4, 0.5) is 0 Å². The van der Waals surface area contributed by atoms with Gasteiger partial charge in [0.25, 0.3) is 0 Å². The van der Waals surface area contributed by atoms with Gasteiger partial charge in [0.2, 0.25) is 0 Å². The number of aromatic nitrogens is 2. The number of hydrogen-bond acceptors (Lipinski definition) is 2. The maximum absolute atomic E-state index is 5.90. The van der Waals surface area contributed by atoms with Gasteiger partial charge in [0.15, 0.2) is 0 Å². The number of rotatable bonds is 3. The van der Waals surface area contributed by atoms with E-state index in [1.807, 2.05) is 6.33 Å². The second-order valence-corrected chi connectivity index (χ2v) is 4.85. The Morgan fingerprint density at radius 3 is 3.00 bits per heavy atom. The topological polar surface area (TPSA) is 43.8 Å². The van der Waals surface area contributed by atoms with E-state index < -0.39 is 0 Å². The molecule has 1 saturated carbocycles. The number of imidazole rings is 1. The Bertz CT molecular complexity index is 509. The van der Waals surface area contributed by atoms with Crippen molar-refractivity contribution in [2.24, 2.45) is 5.73 Å². The molecule has 0 aliphatic heterocycles. The van der Waals surface area contributed by atoms with E-state index in [1.165, 1.54) is 23.9 Å². The van der Waals surface area contributed by atoms with Crippen molar-refractivity contribution < 1.29 is 0 Å². The Balaban J connectivity index is 2.14. The number of fused-ring (bicyclic) bond motifs is 1. The van der Waals surface area contributed by atoms with Crippen LogP contribution in [0.2, 0.25) is 0 Å². The second-order valence-electron chi connectivity index (χ2n) is 4.85. The molecule has 1 unspecified atom stereocenters. The van der Waals surface area contributed by atoms with E-state index in [1.54, 1.807) is 0 Å². The molecule has 1 heterocycles. The van der Waals surface area contributed by atoms with Crippen LogP contribution in [0.25, 0.3) is 11.0 Å².